The highest BCUT2D eigenvalue weighted by Gasteiger charge is 2.26. The molecule has 0 aromatic rings. The molecule has 0 aromatic carbocycles. The molecule has 1 N–H and O–H groups in total. The van der Waals surface area contributed by atoms with Gasteiger partial charge in [0.2, 0.25) is 11.8 Å². The Morgan fingerprint density at radius 3 is 2.65 bits per heavy atom. The summed E-state index contributed by atoms with van der Waals surface area (Å²) in [7, 11) is 0. The fourth-order valence-electron chi connectivity index (χ4n) is 4.69. The number of allylic oxidation sites excluding steroid dienone is 1. The van der Waals surface area contributed by atoms with Crippen molar-refractivity contribution < 1.29 is 9.59 Å². The Morgan fingerprint density at radius 2 is 1.96 bits per heavy atom. The minimum atomic E-state index is 0.197. The van der Waals surface area contributed by atoms with Crippen molar-refractivity contribution in [2.45, 2.75) is 70.8 Å². The first kappa shape index (κ1) is 19.4. The maximum atomic E-state index is 12.4. The first-order valence-electron chi connectivity index (χ1n) is 10.7. The minimum absolute atomic E-state index is 0.197. The maximum absolute atomic E-state index is 12.4. The highest BCUT2D eigenvalue weighted by Crippen LogP contribution is 2.26. The monoisotopic (exact) mass is 361 g/mol. The lowest BCUT2D eigenvalue weighted by Gasteiger charge is -2.32. The van der Waals surface area contributed by atoms with E-state index in [0.717, 1.165) is 70.3 Å². The largest absolute Gasteiger partial charge is 0.355 e. The first-order chi connectivity index (χ1) is 12.7. The van der Waals surface area contributed by atoms with Crippen LogP contribution in [0.4, 0.5) is 0 Å². The molecule has 146 valence electrons. The van der Waals surface area contributed by atoms with E-state index in [1.165, 1.54) is 19.4 Å². The van der Waals surface area contributed by atoms with E-state index in [1.807, 2.05) is 4.90 Å². The lowest BCUT2D eigenvalue weighted by molar-refractivity contribution is -0.129. The van der Waals surface area contributed by atoms with Gasteiger partial charge in [-0.1, -0.05) is 13.0 Å². The zero-order valence-electron chi connectivity index (χ0n) is 16.3. The van der Waals surface area contributed by atoms with Crippen LogP contribution in [0.25, 0.3) is 0 Å². The molecule has 2 aliphatic heterocycles. The van der Waals surface area contributed by atoms with Crippen LogP contribution in [0, 0.1) is 5.92 Å². The second-order valence-corrected chi connectivity index (χ2v) is 8.12. The smallest absolute Gasteiger partial charge is 0.249 e. The average Bonchev–Trinajstić information content (AvgIpc) is 3.36. The molecule has 0 unspecified atom stereocenters. The van der Waals surface area contributed by atoms with E-state index < -0.39 is 0 Å². The molecular weight excluding hydrogens is 326 g/mol. The highest BCUT2D eigenvalue weighted by atomic mass is 16.2. The zero-order valence-corrected chi connectivity index (χ0v) is 16.3. The van der Waals surface area contributed by atoms with Crippen molar-refractivity contribution >= 4 is 11.8 Å². The Balaban J connectivity index is 1.31. The van der Waals surface area contributed by atoms with Crippen molar-refractivity contribution in [1.29, 1.82) is 0 Å². The Bertz CT molecular complexity index is 523. The molecule has 0 spiro atoms. The third kappa shape index (κ3) is 5.09. The molecule has 1 aliphatic carbocycles. The van der Waals surface area contributed by atoms with Gasteiger partial charge in [0.1, 0.15) is 0 Å². The van der Waals surface area contributed by atoms with Gasteiger partial charge < -0.3 is 10.2 Å². The summed E-state index contributed by atoms with van der Waals surface area (Å²) in [5, 5.41) is 3.14. The molecule has 26 heavy (non-hydrogen) atoms. The summed E-state index contributed by atoms with van der Waals surface area (Å²) in [6.07, 6.45) is 11.4. The normalized spacial score (nSPS) is 24.7. The standard InChI is InChI=1S/C21H35N3O2/c1-2-23-13-5-8-19(23)16-22-20(25)10-9-17-11-14-24(15-12-17)21(26)18-6-3-4-7-18/h6,17,19H,2-5,7-16H2,1H3,(H,22,25)/t19-/m1/s1. The summed E-state index contributed by atoms with van der Waals surface area (Å²) < 4.78 is 0. The summed E-state index contributed by atoms with van der Waals surface area (Å²) in [6.45, 7) is 6.96. The van der Waals surface area contributed by atoms with Gasteiger partial charge in [0, 0.05) is 37.7 Å². The Hall–Kier alpha value is -1.36. The summed E-state index contributed by atoms with van der Waals surface area (Å²) in [4.78, 5) is 29.1. The van der Waals surface area contributed by atoms with Gasteiger partial charge in [0.05, 0.1) is 0 Å². The topological polar surface area (TPSA) is 52.7 Å². The number of hydrogen-bond donors (Lipinski definition) is 1. The van der Waals surface area contributed by atoms with Crippen LogP contribution in [0.2, 0.25) is 0 Å². The minimum Gasteiger partial charge on any atom is -0.355 e. The van der Waals surface area contributed by atoms with Crippen molar-refractivity contribution in [1.82, 2.24) is 15.1 Å². The molecule has 3 rings (SSSR count). The number of nitrogens with zero attached hydrogens (tertiary/aromatic N) is 2. The molecule has 0 radical (unpaired) electrons. The van der Waals surface area contributed by atoms with Crippen LogP contribution in [0.5, 0.6) is 0 Å². The molecule has 2 saturated heterocycles. The van der Waals surface area contributed by atoms with E-state index >= 15 is 0 Å². The molecule has 2 fully saturated rings. The SMILES string of the molecule is CCN1CCC[C@@H]1CNC(=O)CCC1CCN(C(=O)C2=CCCC2)CC1. The first-order valence-corrected chi connectivity index (χ1v) is 10.7. The number of nitrogens with one attached hydrogen (secondary N) is 1. The number of amides is 2. The number of likely N-dealkylation sites (tertiary alicyclic amines) is 2. The molecule has 0 saturated carbocycles. The molecule has 5 heteroatoms. The quantitative estimate of drug-likeness (QED) is 0.758. The van der Waals surface area contributed by atoms with Gasteiger partial charge in [-0.3, -0.25) is 14.5 Å². The number of hydrogen-bond acceptors (Lipinski definition) is 3. The van der Waals surface area contributed by atoms with Crippen LogP contribution in [-0.4, -0.2) is 60.4 Å². The van der Waals surface area contributed by atoms with Crippen LogP contribution in [-0.2, 0) is 9.59 Å². The van der Waals surface area contributed by atoms with Crippen LogP contribution >= 0.6 is 0 Å². The third-order valence-electron chi connectivity index (χ3n) is 6.44. The van der Waals surface area contributed by atoms with Gasteiger partial charge in [-0.15, -0.1) is 0 Å². The molecular formula is C21H35N3O2. The summed E-state index contributed by atoms with van der Waals surface area (Å²) in [6, 6.07) is 0.531. The van der Waals surface area contributed by atoms with E-state index in [1.54, 1.807) is 0 Å². The third-order valence-corrected chi connectivity index (χ3v) is 6.44. The van der Waals surface area contributed by atoms with E-state index in [-0.39, 0.29) is 11.8 Å². The highest BCUT2D eigenvalue weighted by molar-refractivity contribution is 5.93. The van der Waals surface area contributed by atoms with E-state index in [9.17, 15) is 9.59 Å². The van der Waals surface area contributed by atoms with Crippen molar-refractivity contribution in [3.05, 3.63) is 11.6 Å². The lowest BCUT2D eigenvalue weighted by atomic mass is 9.91. The van der Waals surface area contributed by atoms with Gasteiger partial charge in [-0.25, -0.2) is 0 Å². The Morgan fingerprint density at radius 1 is 1.15 bits per heavy atom. The zero-order chi connectivity index (χ0) is 18.4. The fraction of sp³-hybridized carbons (Fsp3) is 0.810. The average molecular weight is 362 g/mol. The predicted molar refractivity (Wildman–Crippen MR) is 104 cm³/mol. The second-order valence-electron chi connectivity index (χ2n) is 8.12. The fourth-order valence-corrected chi connectivity index (χ4v) is 4.69. The number of carbonyl (C=O) groups excluding carboxylic acids is 2. The van der Waals surface area contributed by atoms with Gasteiger partial charge in [-0.2, -0.15) is 0 Å². The Kier molecular flexibility index (Phi) is 7.12. The van der Waals surface area contributed by atoms with E-state index in [2.05, 4.69) is 23.2 Å². The van der Waals surface area contributed by atoms with Crippen LogP contribution in [0.3, 0.4) is 0 Å². The predicted octanol–water partition coefficient (Wildman–Crippen LogP) is 2.72. The van der Waals surface area contributed by atoms with Crippen LogP contribution in [0.15, 0.2) is 11.6 Å². The second kappa shape index (κ2) is 9.54. The number of likely N-dealkylation sites (N-methyl/N-ethyl adjacent to an activating group) is 1. The van der Waals surface area contributed by atoms with Crippen molar-refractivity contribution in [3.63, 3.8) is 0 Å². The number of rotatable bonds is 7. The van der Waals surface area contributed by atoms with E-state index in [0.29, 0.717) is 18.4 Å². The number of carbonyl (C=O) groups is 2. The molecule has 2 heterocycles. The number of piperidine rings is 1. The Labute approximate surface area is 158 Å². The molecule has 1 atom stereocenters. The van der Waals surface area contributed by atoms with Gasteiger partial charge in [0.25, 0.3) is 0 Å². The van der Waals surface area contributed by atoms with Crippen LogP contribution < -0.4 is 5.32 Å². The van der Waals surface area contributed by atoms with Crippen molar-refractivity contribution in [3.8, 4) is 0 Å². The lowest BCUT2D eigenvalue weighted by Crippen LogP contribution is -2.40. The summed E-state index contributed by atoms with van der Waals surface area (Å²) in [5.41, 5.74) is 1.02. The molecule has 0 bridgehead atoms. The van der Waals surface area contributed by atoms with Gasteiger partial charge >= 0.3 is 0 Å². The van der Waals surface area contributed by atoms with Gasteiger partial charge in [-0.05, 0) is 70.4 Å². The maximum Gasteiger partial charge on any atom is 0.249 e. The summed E-state index contributed by atoms with van der Waals surface area (Å²) >= 11 is 0. The van der Waals surface area contributed by atoms with Crippen LogP contribution in [0.1, 0.15) is 64.7 Å². The molecule has 3 aliphatic rings. The summed E-state index contributed by atoms with van der Waals surface area (Å²) in [5.74, 6) is 1.04. The van der Waals surface area contributed by atoms with Crippen molar-refractivity contribution in [2.24, 2.45) is 5.92 Å². The molecule has 2 amide bonds. The molecule has 0 aromatic heterocycles. The van der Waals surface area contributed by atoms with E-state index in [4.69, 9.17) is 0 Å². The molecule has 5 nitrogen and oxygen atoms in total. The van der Waals surface area contributed by atoms with Gasteiger partial charge in [0.15, 0.2) is 0 Å². The van der Waals surface area contributed by atoms with Crippen molar-refractivity contribution in [2.75, 3.05) is 32.7 Å².